The van der Waals surface area contributed by atoms with Crippen molar-refractivity contribution in [1.29, 1.82) is 0 Å². The maximum absolute atomic E-state index is 12.3. The fourth-order valence-electron chi connectivity index (χ4n) is 2.13. The number of amides is 1. The van der Waals surface area contributed by atoms with Gasteiger partial charge in [0, 0.05) is 24.3 Å². The van der Waals surface area contributed by atoms with E-state index in [-0.39, 0.29) is 12.1 Å². The number of nitrogens with zero attached hydrogens (tertiary/aromatic N) is 1. The molecule has 0 spiro atoms. The molecule has 1 aromatic carbocycles. The van der Waals surface area contributed by atoms with E-state index in [0.717, 1.165) is 22.0 Å². The molecular weight excluding hydrogens is 294 g/mol. The van der Waals surface area contributed by atoms with E-state index in [9.17, 15) is 4.79 Å². The van der Waals surface area contributed by atoms with Gasteiger partial charge in [-0.2, -0.15) is 0 Å². The van der Waals surface area contributed by atoms with E-state index >= 15 is 0 Å². The van der Waals surface area contributed by atoms with Crippen molar-refractivity contribution in [3.63, 3.8) is 0 Å². The molecule has 0 saturated carbocycles. The summed E-state index contributed by atoms with van der Waals surface area (Å²) < 4.78 is 6.60. The van der Waals surface area contributed by atoms with Crippen LogP contribution in [0.5, 0.6) is 0 Å². The highest BCUT2D eigenvalue weighted by atomic mass is 79.9. The summed E-state index contributed by atoms with van der Waals surface area (Å²) in [7, 11) is 0. The third-order valence-corrected chi connectivity index (χ3v) is 3.35. The minimum atomic E-state index is -0.259. The number of benzene rings is 1. The summed E-state index contributed by atoms with van der Waals surface area (Å²) in [6.45, 7) is 6.93. The Morgan fingerprint density at radius 1 is 1.50 bits per heavy atom. The van der Waals surface area contributed by atoms with Gasteiger partial charge < -0.3 is 9.64 Å². The van der Waals surface area contributed by atoms with Crippen molar-refractivity contribution >= 4 is 21.8 Å². The monoisotopic (exact) mass is 309 g/mol. The number of hydrogen-bond donors (Lipinski definition) is 0. The molecule has 0 fully saturated rings. The molecular formula is C14H16BrNO2. The maximum atomic E-state index is 12.3. The van der Waals surface area contributed by atoms with Gasteiger partial charge in [-0.1, -0.05) is 40.7 Å². The smallest absolute Gasteiger partial charge is 0.256 e. The molecule has 0 N–H and O–H groups in total. The highest BCUT2D eigenvalue weighted by molar-refractivity contribution is 9.11. The first-order chi connectivity index (χ1) is 8.65. The SMILES string of the molecule is C=C(Br)CCN1C(=O)c2ccccc2C1OCC. The largest absolute Gasteiger partial charge is 0.354 e. The molecule has 0 aliphatic carbocycles. The molecule has 0 bridgehead atoms. The van der Waals surface area contributed by atoms with Crippen molar-refractivity contribution in [2.75, 3.05) is 13.2 Å². The lowest BCUT2D eigenvalue weighted by molar-refractivity contribution is -0.0334. The lowest BCUT2D eigenvalue weighted by Crippen LogP contribution is -2.30. The molecule has 1 heterocycles. The summed E-state index contributed by atoms with van der Waals surface area (Å²) in [6, 6.07) is 7.63. The molecule has 1 atom stereocenters. The lowest BCUT2D eigenvalue weighted by atomic mass is 10.1. The first kappa shape index (κ1) is 13.3. The van der Waals surface area contributed by atoms with E-state index < -0.39 is 0 Å². The highest BCUT2D eigenvalue weighted by Crippen LogP contribution is 2.34. The van der Waals surface area contributed by atoms with Crippen LogP contribution in [0.15, 0.2) is 35.3 Å². The average Bonchev–Trinajstić information content (AvgIpc) is 2.62. The van der Waals surface area contributed by atoms with Crippen LogP contribution >= 0.6 is 15.9 Å². The van der Waals surface area contributed by atoms with Crippen molar-refractivity contribution in [2.24, 2.45) is 0 Å². The van der Waals surface area contributed by atoms with Gasteiger partial charge in [-0.3, -0.25) is 4.79 Å². The second-order valence-electron chi connectivity index (χ2n) is 4.16. The lowest BCUT2D eigenvalue weighted by Gasteiger charge is -2.24. The first-order valence-corrected chi connectivity index (χ1v) is 6.79. The molecule has 96 valence electrons. The molecule has 1 aliphatic rings. The van der Waals surface area contributed by atoms with Crippen molar-refractivity contribution in [3.05, 3.63) is 46.5 Å². The number of fused-ring (bicyclic) bond motifs is 1. The van der Waals surface area contributed by atoms with Gasteiger partial charge in [0.2, 0.25) is 0 Å². The van der Waals surface area contributed by atoms with Crippen LogP contribution in [-0.4, -0.2) is 24.0 Å². The molecule has 1 aromatic rings. The second-order valence-corrected chi connectivity index (χ2v) is 5.28. The van der Waals surface area contributed by atoms with Crippen LogP contribution in [-0.2, 0) is 4.74 Å². The van der Waals surface area contributed by atoms with Crippen LogP contribution in [0.3, 0.4) is 0 Å². The van der Waals surface area contributed by atoms with Gasteiger partial charge in [0.25, 0.3) is 5.91 Å². The van der Waals surface area contributed by atoms with Gasteiger partial charge in [-0.15, -0.1) is 0 Å². The van der Waals surface area contributed by atoms with Gasteiger partial charge in [0.05, 0.1) is 0 Å². The Morgan fingerprint density at radius 3 is 2.89 bits per heavy atom. The summed E-state index contributed by atoms with van der Waals surface area (Å²) >= 11 is 3.32. The number of carbonyl (C=O) groups excluding carboxylic acids is 1. The Hall–Kier alpha value is -1.13. The van der Waals surface area contributed by atoms with Crippen LogP contribution < -0.4 is 0 Å². The van der Waals surface area contributed by atoms with Crippen LogP contribution in [0.1, 0.15) is 35.5 Å². The van der Waals surface area contributed by atoms with E-state index in [4.69, 9.17) is 4.74 Å². The minimum Gasteiger partial charge on any atom is -0.354 e. The third-order valence-electron chi connectivity index (χ3n) is 2.95. The van der Waals surface area contributed by atoms with Crippen molar-refractivity contribution < 1.29 is 9.53 Å². The average molecular weight is 310 g/mol. The number of rotatable bonds is 5. The fraction of sp³-hybridized carbons (Fsp3) is 0.357. The van der Waals surface area contributed by atoms with E-state index in [1.54, 1.807) is 4.90 Å². The van der Waals surface area contributed by atoms with Crippen LogP contribution in [0.2, 0.25) is 0 Å². The Labute approximate surface area is 116 Å². The summed E-state index contributed by atoms with van der Waals surface area (Å²) in [5.74, 6) is 0.0396. The Balaban J connectivity index is 2.25. The van der Waals surface area contributed by atoms with Gasteiger partial charge in [-0.05, 0) is 23.9 Å². The van der Waals surface area contributed by atoms with Crippen molar-refractivity contribution in [1.82, 2.24) is 4.90 Å². The Bertz CT molecular complexity index is 473. The summed E-state index contributed by atoms with van der Waals surface area (Å²) in [4.78, 5) is 14.1. The summed E-state index contributed by atoms with van der Waals surface area (Å²) in [5.41, 5.74) is 1.71. The van der Waals surface area contributed by atoms with E-state index in [1.165, 1.54) is 0 Å². The predicted molar refractivity (Wildman–Crippen MR) is 74.5 cm³/mol. The van der Waals surface area contributed by atoms with Gasteiger partial charge >= 0.3 is 0 Å². The standard InChI is InChI=1S/C14H16BrNO2/c1-3-18-14-12-7-5-4-6-11(12)13(17)16(14)9-8-10(2)15/h4-7,14H,2-3,8-9H2,1H3. The van der Waals surface area contributed by atoms with E-state index in [0.29, 0.717) is 13.2 Å². The number of carbonyl (C=O) groups is 1. The molecule has 2 rings (SSSR count). The van der Waals surface area contributed by atoms with Crippen LogP contribution in [0, 0.1) is 0 Å². The van der Waals surface area contributed by atoms with Crippen LogP contribution in [0.4, 0.5) is 0 Å². The molecule has 1 unspecified atom stereocenters. The quantitative estimate of drug-likeness (QED) is 0.833. The van der Waals surface area contributed by atoms with E-state index in [1.807, 2.05) is 31.2 Å². The number of halogens is 1. The van der Waals surface area contributed by atoms with Crippen molar-refractivity contribution in [3.8, 4) is 0 Å². The number of hydrogen-bond acceptors (Lipinski definition) is 2. The van der Waals surface area contributed by atoms with Gasteiger partial charge in [0.1, 0.15) is 0 Å². The zero-order valence-electron chi connectivity index (χ0n) is 10.4. The first-order valence-electron chi connectivity index (χ1n) is 6.00. The number of ether oxygens (including phenoxy) is 1. The zero-order valence-corrected chi connectivity index (χ0v) is 11.9. The van der Waals surface area contributed by atoms with Crippen molar-refractivity contribution in [2.45, 2.75) is 19.6 Å². The third kappa shape index (κ3) is 2.49. The topological polar surface area (TPSA) is 29.5 Å². The minimum absolute atomic E-state index is 0.0396. The molecule has 1 aliphatic heterocycles. The molecule has 0 saturated heterocycles. The molecule has 4 heteroatoms. The molecule has 0 aromatic heterocycles. The van der Waals surface area contributed by atoms with E-state index in [2.05, 4.69) is 22.5 Å². The maximum Gasteiger partial charge on any atom is 0.256 e. The van der Waals surface area contributed by atoms with Gasteiger partial charge in [0.15, 0.2) is 6.23 Å². The zero-order chi connectivity index (χ0) is 13.1. The predicted octanol–water partition coefficient (Wildman–Crippen LogP) is 3.48. The molecule has 18 heavy (non-hydrogen) atoms. The highest BCUT2D eigenvalue weighted by Gasteiger charge is 2.36. The second kappa shape index (κ2) is 5.67. The molecule has 0 radical (unpaired) electrons. The molecule has 3 nitrogen and oxygen atoms in total. The van der Waals surface area contributed by atoms with Crippen LogP contribution in [0.25, 0.3) is 0 Å². The normalized spacial score (nSPS) is 18.0. The fourth-order valence-corrected chi connectivity index (χ4v) is 2.31. The Kier molecular flexibility index (Phi) is 4.19. The Morgan fingerprint density at radius 2 is 2.22 bits per heavy atom. The summed E-state index contributed by atoms with van der Waals surface area (Å²) in [5, 5.41) is 0. The summed E-state index contributed by atoms with van der Waals surface area (Å²) in [6.07, 6.45) is 0.467. The van der Waals surface area contributed by atoms with Gasteiger partial charge in [-0.25, -0.2) is 0 Å². The molecule has 1 amide bonds.